The molecule has 0 aromatic heterocycles. The molecule has 1 heterocycles. The molecule has 1 aliphatic heterocycles. The Morgan fingerprint density at radius 3 is 2.42 bits per heavy atom. The Morgan fingerprint density at radius 2 is 1.77 bits per heavy atom. The summed E-state index contributed by atoms with van der Waals surface area (Å²) in [4.78, 5) is 16.8. The lowest BCUT2D eigenvalue weighted by Gasteiger charge is -2.35. The van der Waals surface area contributed by atoms with Crippen LogP contribution in [0.3, 0.4) is 0 Å². The number of nitrogens with zero attached hydrogens (tertiary/aromatic N) is 2. The first-order chi connectivity index (χ1) is 12.5. The highest BCUT2D eigenvalue weighted by Crippen LogP contribution is 2.24. The van der Waals surface area contributed by atoms with Gasteiger partial charge in [0.1, 0.15) is 6.04 Å². The molecule has 0 aliphatic carbocycles. The van der Waals surface area contributed by atoms with E-state index in [1.807, 2.05) is 40.5 Å². The Labute approximate surface area is 164 Å². The standard InChI is InChI=1S/C20H23Cl2N3O/c1-15(18-8-7-16(21)13-19(18)22)23-14-20(26)25-11-9-24(10-12-25)17-5-3-2-4-6-17/h2-8,13,15,23H,9-12,14H2,1H3/p+1/t15-/m1/s1. The third-order valence-electron chi connectivity index (χ3n) is 4.85. The summed E-state index contributed by atoms with van der Waals surface area (Å²) in [5, 5.41) is 3.30. The number of benzene rings is 2. The minimum absolute atomic E-state index is 0.106. The van der Waals surface area contributed by atoms with Crippen LogP contribution in [0.5, 0.6) is 0 Å². The van der Waals surface area contributed by atoms with Gasteiger partial charge in [0.05, 0.1) is 5.02 Å². The molecule has 3 rings (SSSR count). The molecular weight excluding hydrogens is 369 g/mol. The third-order valence-corrected chi connectivity index (χ3v) is 5.42. The fourth-order valence-corrected chi connectivity index (χ4v) is 3.84. The van der Waals surface area contributed by atoms with Crippen molar-refractivity contribution in [2.75, 3.05) is 37.6 Å². The molecule has 0 saturated carbocycles. The molecule has 1 aliphatic rings. The second-order valence-corrected chi connectivity index (χ2v) is 7.44. The number of para-hydroxylation sites is 1. The lowest BCUT2D eigenvalue weighted by molar-refractivity contribution is -0.683. The minimum Gasteiger partial charge on any atom is -0.368 e. The number of carbonyl (C=O) groups is 1. The van der Waals surface area contributed by atoms with E-state index in [-0.39, 0.29) is 11.9 Å². The van der Waals surface area contributed by atoms with Crippen LogP contribution < -0.4 is 10.2 Å². The van der Waals surface area contributed by atoms with Crippen LogP contribution in [-0.4, -0.2) is 43.5 Å². The molecule has 4 nitrogen and oxygen atoms in total. The quantitative estimate of drug-likeness (QED) is 0.849. The molecule has 0 spiro atoms. The molecule has 26 heavy (non-hydrogen) atoms. The molecular formula is C20H24Cl2N3O+. The first-order valence-corrected chi connectivity index (χ1v) is 9.66. The molecule has 2 aromatic rings. The molecule has 2 aromatic carbocycles. The Balaban J connectivity index is 1.48. The molecule has 1 saturated heterocycles. The predicted molar refractivity (Wildman–Crippen MR) is 107 cm³/mol. The van der Waals surface area contributed by atoms with E-state index in [4.69, 9.17) is 23.2 Å². The van der Waals surface area contributed by atoms with E-state index in [2.05, 4.69) is 24.0 Å². The Hall–Kier alpha value is -1.75. The van der Waals surface area contributed by atoms with Crippen LogP contribution in [0, 0.1) is 0 Å². The molecule has 1 atom stereocenters. The average Bonchev–Trinajstić information content (AvgIpc) is 2.66. The van der Waals surface area contributed by atoms with Crippen molar-refractivity contribution in [3.8, 4) is 0 Å². The van der Waals surface area contributed by atoms with E-state index >= 15 is 0 Å². The SMILES string of the molecule is C[C@@H]([NH2+]CC(=O)N1CCN(c2ccccc2)CC1)c1ccc(Cl)cc1Cl. The van der Waals surface area contributed by atoms with Crippen LogP contribution >= 0.6 is 23.2 Å². The Morgan fingerprint density at radius 1 is 1.08 bits per heavy atom. The summed E-state index contributed by atoms with van der Waals surface area (Å²) in [5.74, 6) is 0.176. The van der Waals surface area contributed by atoms with Gasteiger partial charge in [-0.2, -0.15) is 0 Å². The predicted octanol–water partition coefficient (Wildman–Crippen LogP) is 2.97. The first-order valence-electron chi connectivity index (χ1n) is 8.90. The highest BCUT2D eigenvalue weighted by atomic mass is 35.5. The van der Waals surface area contributed by atoms with Gasteiger partial charge in [0.15, 0.2) is 6.54 Å². The lowest BCUT2D eigenvalue weighted by Crippen LogP contribution is -2.87. The highest BCUT2D eigenvalue weighted by molar-refractivity contribution is 6.35. The van der Waals surface area contributed by atoms with Gasteiger partial charge in [-0.25, -0.2) is 0 Å². The summed E-state index contributed by atoms with van der Waals surface area (Å²) in [5.41, 5.74) is 2.22. The summed E-state index contributed by atoms with van der Waals surface area (Å²) >= 11 is 12.2. The van der Waals surface area contributed by atoms with E-state index in [9.17, 15) is 4.79 Å². The number of amides is 1. The second-order valence-electron chi connectivity index (χ2n) is 6.60. The third kappa shape index (κ3) is 4.70. The zero-order valence-electron chi connectivity index (χ0n) is 14.9. The zero-order valence-corrected chi connectivity index (χ0v) is 16.4. The molecule has 138 valence electrons. The summed E-state index contributed by atoms with van der Waals surface area (Å²) < 4.78 is 0. The molecule has 2 N–H and O–H groups in total. The van der Waals surface area contributed by atoms with Crippen molar-refractivity contribution in [1.29, 1.82) is 0 Å². The van der Waals surface area contributed by atoms with Gasteiger partial charge in [0.25, 0.3) is 5.91 Å². The van der Waals surface area contributed by atoms with Crippen LogP contribution in [0.4, 0.5) is 5.69 Å². The summed E-state index contributed by atoms with van der Waals surface area (Å²) in [6, 6.07) is 15.9. The normalized spacial score (nSPS) is 15.8. The largest absolute Gasteiger partial charge is 0.368 e. The Bertz CT molecular complexity index is 746. The van der Waals surface area contributed by atoms with Crippen molar-refractivity contribution in [1.82, 2.24) is 4.90 Å². The van der Waals surface area contributed by atoms with E-state index in [1.54, 1.807) is 6.07 Å². The number of halogens is 2. The van der Waals surface area contributed by atoms with Gasteiger partial charge >= 0.3 is 0 Å². The molecule has 1 fully saturated rings. The van der Waals surface area contributed by atoms with E-state index < -0.39 is 0 Å². The van der Waals surface area contributed by atoms with Crippen LogP contribution in [-0.2, 0) is 4.79 Å². The number of carbonyl (C=O) groups excluding carboxylic acids is 1. The van der Waals surface area contributed by atoms with Gasteiger partial charge in [-0.05, 0) is 31.2 Å². The molecule has 0 unspecified atom stereocenters. The van der Waals surface area contributed by atoms with Crippen LogP contribution in [0.1, 0.15) is 18.5 Å². The summed E-state index contributed by atoms with van der Waals surface area (Å²) in [6.07, 6.45) is 0. The topological polar surface area (TPSA) is 40.2 Å². The number of anilines is 1. The number of hydrogen-bond donors (Lipinski definition) is 1. The van der Waals surface area contributed by atoms with Crippen molar-refractivity contribution in [3.05, 3.63) is 64.1 Å². The number of nitrogens with two attached hydrogens (primary N) is 1. The van der Waals surface area contributed by atoms with Crippen molar-refractivity contribution in [2.24, 2.45) is 0 Å². The van der Waals surface area contributed by atoms with Crippen LogP contribution in [0.15, 0.2) is 48.5 Å². The van der Waals surface area contributed by atoms with E-state index in [1.165, 1.54) is 5.69 Å². The van der Waals surface area contributed by atoms with Crippen molar-refractivity contribution in [3.63, 3.8) is 0 Å². The van der Waals surface area contributed by atoms with Gasteiger partial charge < -0.3 is 15.1 Å². The fraction of sp³-hybridized carbons (Fsp3) is 0.350. The van der Waals surface area contributed by atoms with Crippen LogP contribution in [0.25, 0.3) is 0 Å². The maximum Gasteiger partial charge on any atom is 0.277 e. The average molecular weight is 393 g/mol. The number of hydrogen-bond acceptors (Lipinski definition) is 2. The molecule has 0 bridgehead atoms. The molecule has 1 amide bonds. The van der Waals surface area contributed by atoms with Crippen molar-refractivity contribution in [2.45, 2.75) is 13.0 Å². The number of quaternary nitrogens is 1. The molecule has 6 heteroatoms. The van der Waals surface area contributed by atoms with Gasteiger partial charge in [0.2, 0.25) is 0 Å². The van der Waals surface area contributed by atoms with Crippen molar-refractivity contribution >= 4 is 34.8 Å². The van der Waals surface area contributed by atoms with Gasteiger partial charge in [-0.15, -0.1) is 0 Å². The van der Waals surface area contributed by atoms with Crippen molar-refractivity contribution < 1.29 is 10.1 Å². The lowest BCUT2D eigenvalue weighted by atomic mass is 10.1. The smallest absolute Gasteiger partial charge is 0.277 e. The zero-order chi connectivity index (χ0) is 18.5. The number of piperazine rings is 1. The van der Waals surface area contributed by atoms with Gasteiger partial charge in [-0.1, -0.05) is 47.5 Å². The maximum absolute atomic E-state index is 12.5. The highest BCUT2D eigenvalue weighted by Gasteiger charge is 2.23. The van der Waals surface area contributed by atoms with Gasteiger partial charge in [0, 0.05) is 42.5 Å². The summed E-state index contributed by atoms with van der Waals surface area (Å²) in [7, 11) is 0. The Kier molecular flexibility index (Phi) is 6.41. The minimum atomic E-state index is 0.106. The van der Waals surface area contributed by atoms with E-state index in [0.717, 1.165) is 31.7 Å². The summed E-state index contributed by atoms with van der Waals surface area (Å²) in [6.45, 7) is 5.74. The first kappa shape index (κ1) is 19.0. The van der Waals surface area contributed by atoms with E-state index in [0.29, 0.717) is 16.6 Å². The maximum atomic E-state index is 12.5. The second kappa shape index (κ2) is 8.76. The monoisotopic (exact) mass is 392 g/mol. The van der Waals surface area contributed by atoms with Gasteiger partial charge in [-0.3, -0.25) is 4.79 Å². The molecule has 0 radical (unpaired) electrons. The fourth-order valence-electron chi connectivity index (χ4n) is 3.26. The number of rotatable bonds is 5. The van der Waals surface area contributed by atoms with Crippen LogP contribution in [0.2, 0.25) is 10.0 Å².